The Morgan fingerprint density at radius 2 is 0.592 bits per heavy atom. The first kappa shape index (κ1) is 46.1. The van der Waals surface area contributed by atoms with Crippen LogP contribution in [0.5, 0.6) is 0 Å². The van der Waals surface area contributed by atoms with Crippen molar-refractivity contribution < 1.29 is 0 Å². The summed E-state index contributed by atoms with van der Waals surface area (Å²) in [5.74, 6) is 0.788. The molecule has 0 unspecified atom stereocenters. The number of hydrogen-bond acceptors (Lipinski definition) is 2. The summed E-state index contributed by atoms with van der Waals surface area (Å²) in [4.78, 5) is 4.99. The highest BCUT2D eigenvalue weighted by Crippen LogP contribution is 2.54. The minimum absolute atomic E-state index is 0.125. The van der Waals surface area contributed by atoms with Gasteiger partial charge in [-0.2, -0.15) is 0 Å². The van der Waals surface area contributed by atoms with Crippen molar-refractivity contribution in [3.63, 3.8) is 0 Å². The van der Waals surface area contributed by atoms with Gasteiger partial charge in [0.25, 0.3) is 0 Å². The molecule has 0 bridgehead atoms. The van der Waals surface area contributed by atoms with Crippen molar-refractivity contribution in [3.8, 4) is 22.3 Å². The van der Waals surface area contributed by atoms with Gasteiger partial charge in [0.1, 0.15) is 0 Å². The van der Waals surface area contributed by atoms with E-state index < -0.39 is 0 Å². The van der Waals surface area contributed by atoms with Crippen LogP contribution in [0, 0.1) is 0 Å². The smallest absolute Gasteiger partial charge is 0.0468 e. The summed E-state index contributed by atoms with van der Waals surface area (Å²) in [7, 11) is 0. The first-order chi connectivity index (χ1) is 36.9. The second kappa shape index (κ2) is 17.0. The Balaban J connectivity index is 0.987. The van der Waals surface area contributed by atoms with Crippen molar-refractivity contribution in [1.82, 2.24) is 0 Å². The molecule has 0 fully saturated rings. The molecule has 76 heavy (non-hydrogen) atoms. The Labute approximate surface area is 447 Å². The van der Waals surface area contributed by atoms with Gasteiger partial charge in [0, 0.05) is 45.0 Å². The molecule has 2 aliphatic rings. The zero-order valence-corrected chi connectivity index (χ0v) is 44.8. The van der Waals surface area contributed by atoms with E-state index in [9.17, 15) is 0 Å². The molecule has 12 aromatic carbocycles. The zero-order valence-electron chi connectivity index (χ0n) is 44.8. The van der Waals surface area contributed by atoms with E-state index in [1.807, 2.05) is 0 Å². The molecule has 0 radical (unpaired) electrons. The molecule has 14 rings (SSSR count). The first-order valence-corrected chi connectivity index (χ1v) is 27.4. The lowest BCUT2D eigenvalue weighted by Gasteiger charge is -2.29. The van der Waals surface area contributed by atoms with Crippen LogP contribution in [-0.4, -0.2) is 0 Å². The Bertz CT molecular complexity index is 4100. The Hall–Kier alpha value is -8.46. The van der Waals surface area contributed by atoms with E-state index in [4.69, 9.17) is 0 Å². The van der Waals surface area contributed by atoms with Crippen LogP contribution in [-0.2, 0) is 10.8 Å². The van der Waals surface area contributed by atoms with E-state index in [1.54, 1.807) is 0 Å². The minimum atomic E-state index is -0.125. The topological polar surface area (TPSA) is 6.48 Å². The van der Waals surface area contributed by atoms with Crippen molar-refractivity contribution in [2.45, 2.75) is 78.1 Å². The lowest BCUT2D eigenvalue weighted by molar-refractivity contribution is 0.660. The van der Waals surface area contributed by atoms with Gasteiger partial charge in [-0.3, -0.25) is 0 Å². The van der Waals surface area contributed by atoms with Gasteiger partial charge < -0.3 is 9.80 Å². The van der Waals surface area contributed by atoms with Crippen molar-refractivity contribution in [2.24, 2.45) is 0 Å². The molecule has 2 heteroatoms. The van der Waals surface area contributed by atoms with Crippen LogP contribution in [0.1, 0.15) is 101 Å². The summed E-state index contributed by atoms with van der Waals surface area (Å²) in [6.07, 6.45) is 0. The molecule has 2 nitrogen and oxygen atoms in total. The fourth-order valence-corrected chi connectivity index (χ4v) is 13.5. The van der Waals surface area contributed by atoms with Gasteiger partial charge in [-0.1, -0.05) is 201 Å². The number of rotatable bonds is 8. The lowest BCUT2D eigenvalue weighted by Crippen LogP contribution is -2.16. The van der Waals surface area contributed by atoms with Crippen molar-refractivity contribution in [3.05, 3.63) is 252 Å². The van der Waals surface area contributed by atoms with Gasteiger partial charge in [0.05, 0.1) is 0 Å². The predicted molar refractivity (Wildman–Crippen MR) is 327 cm³/mol. The van der Waals surface area contributed by atoms with E-state index >= 15 is 0 Å². The summed E-state index contributed by atoms with van der Waals surface area (Å²) in [6, 6.07) is 83.3. The largest absolute Gasteiger partial charge is 0.310 e. The molecule has 0 aromatic heterocycles. The number of nitrogens with zero attached hydrogens (tertiary/aromatic N) is 2. The van der Waals surface area contributed by atoms with E-state index in [1.165, 1.54) is 109 Å². The van der Waals surface area contributed by atoms with Gasteiger partial charge in [-0.05, 0) is 194 Å². The molecule has 0 saturated heterocycles. The quantitative estimate of drug-likeness (QED) is 0.140. The van der Waals surface area contributed by atoms with Gasteiger partial charge >= 0.3 is 0 Å². The van der Waals surface area contributed by atoms with Crippen molar-refractivity contribution in [2.75, 3.05) is 9.80 Å². The van der Waals surface area contributed by atoms with Crippen LogP contribution < -0.4 is 9.80 Å². The normalized spacial score (nSPS) is 14.0. The second-order valence-electron chi connectivity index (χ2n) is 23.3. The fourth-order valence-electron chi connectivity index (χ4n) is 13.5. The van der Waals surface area contributed by atoms with E-state index in [2.05, 4.69) is 284 Å². The molecule has 12 aromatic rings. The molecule has 0 atom stereocenters. The van der Waals surface area contributed by atoms with E-state index in [0.29, 0.717) is 11.8 Å². The monoisotopic (exact) mass is 978 g/mol. The summed E-state index contributed by atoms with van der Waals surface area (Å²) < 4.78 is 0. The van der Waals surface area contributed by atoms with Crippen LogP contribution in [0.2, 0.25) is 0 Å². The summed E-state index contributed by atoms with van der Waals surface area (Å²) in [6.45, 7) is 18.7. The summed E-state index contributed by atoms with van der Waals surface area (Å²) in [5.41, 5.74) is 20.2. The molecule has 0 aliphatic heterocycles. The number of benzene rings is 12. The third-order valence-corrected chi connectivity index (χ3v) is 17.5. The molecule has 2 aliphatic carbocycles. The molecular weight excluding hydrogens is 917 g/mol. The predicted octanol–water partition coefficient (Wildman–Crippen LogP) is 21.3. The Kier molecular flexibility index (Phi) is 10.3. The maximum atomic E-state index is 2.49. The number of fused-ring (bicyclic) bond motifs is 17. The van der Waals surface area contributed by atoms with Gasteiger partial charge in [0.2, 0.25) is 0 Å². The first-order valence-electron chi connectivity index (χ1n) is 27.4. The molecule has 0 saturated carbocycles. The molecule has 0 amide bonds. The fraction of sp³-hybridized carbons (Fsp3) is 0.162. The SMILES string of the molecule is CC(C)c1cccc(N(c2ccc3c(c2)C(C)(C)c2ccccc2-3)c2ccc3c(c2)c2ccccc2c2c4ccc(N(c5cccc(C(C)C)c5)c5ccc6c(c5)C(C)(C)c5ccccc5-6)cc4c4ccccc4c32)c1. The second-order valence-corrected chi connectivity index (χ2v) is 23.3. The summed E-state index contributed by atoms with van der Waals surface area (Å²) in [5, 5.41) is 12.6. The maximum Gasteiger partial charge on any atom is 0.0468 e. The van der Waals surface area contributed by atoms with Crippen LogP contribution in [0.3, 0.4) is 0 Å². The lowest BCUT2D eigenvalue weighted by atomic mass is 9.82. The maximum absolute atomic E-state index is 2.49. The van der Waals surface area contributed by atoms with Crippen LogP contribution in [0.25, 0.3) is 76.1 Å². The van der Waals surface area contributed by atoms with Crippen LogP contribution in [0.4, 0.5) is 34.1 Å². The standard InChI is InChI=1S/C74H62N2/c1-45(2)47-19-17-21-49(39-47)75(53-31-35-59-57-25-13-15-29-67(57)73(5,6)69(59)43-53)51-33-37-63-65(41-51)55-23-9-11-27-61(55)72-64-38-34-52(42-66(64)56-24-10-12-28-62(56)71(63)72)76(50-22-18-20-48(40-50)46(3)4)54-32-36-60-58-26-14-16-30-68(58)74(7,8)70(60)44-54/h9-46H,1-8H3. The highest BCUT2D eigenvalue weighted by molar-refractivity contribution is 6.39. The van der Waals surface area contributed by atoms with Crippen LogP contribution >= 0.6 is 0 Å². The molecule has 368 valence electrons. The number of hydrogen-bond donors (Lipinski definition) is 0. The highest BCUT2D eigenvalue weighted by Gasteiger charge is 2.37. The van der Waals surface area contributed by atoms with Gasteiger partial charge in [-0.15, -0.1) is 0 Å². The summed E-state index contributed by atoms with van der Waals surface area (Å²) >= 11 is 0. The number of anilines is 6. The molecule has 0 heterocycles. The van der Waals surface area contributed by atoms with Crippen molar-refractivity contribution >= 4 is 88.0 Å². The Morgan fingerprint density at radius 1 is 0.263 bits per heavy atom. The Morgan fingerprint density at radius 3 is 1.01 bits per heavy atom. The third-order valence-electron chi connectivity index (χ3n) is 17.5. The molecule has 0 N–H and O–H groups in total. The average Bonchev–Trinajstić information content (AvgIpc) is 3.85. The minimum Gasteiger partial charge on any atom is -0.310 e. The molecular formula is C74H62N2. The highest BCUT2D eigenvalue weighted by atomic mass is 15.1. The van der Waals surface area contributed by atoms with E-state index in [-0.39, 0.29) is 10.8 Å². The van der Waals surface area contributed by atoms with E-state index in [0.717, 1.165) is 34.1 Å². The molecule has 0 spiro atoms. The van der Waals surface area contributed by atoms with Crippen LogP contribution in [0.15, 0.2) is 218 Å². The van der Waals surface area contributed by atoms with Crippen molar-refractivity contribution in [1.29, 1.82) is 0 Å². The van der Waals surface area contributed by atoms with Gasteiger partial charge in [-0.25, -0.2) is 0 Å². The average molecular weight is 979 g/mol. The van der Waals surface area contributed by atoms with Gasteiger partial charge in [0.15, 0.2) is 0 Å². The zero-order chi connectivity index (χ0) is 51.8. The third kappa shape index (κ3) is 6.86.